The zero-order valence-electron chi connectivity index (χ0n) is 11.7. The molecule has 1 fully saturated rings. The molecule has 3 heterocycles. The van der Waals surface area contributed by atoms with Gasteiger partial charge in [-0.3, -0.25) is 9.36 Å². The van der Waals surface area contributed by atoms with Gasteiger partial charge in [-0.15, -0.1) is 5.10 Å². The van der Waals surface area contributed by atoms with Crippen LogP contribution < -0.4 is 0 Å². The maximum atomic E-state index is 6.14. The molecule has 1 aliphatic rings. The summed E-state index contributed by atoms with van der Waals surface area (Å²) in [6.45, 7) is 6.94. The third kappa shape index (κ3) is 2.58. The van der Waals surface area contributed by atoms with E-state index in [9.17, 15) is 0 Å². The van der Waals surface area contributed by atoms with Crippen molar-refractivity contribution >= 4 is 11.6 Å². The van der Waals surface area contributed by atoms with Crippen molar-refractivity contribution in [1.82, 2.24) is 24.8 Å². The third-order valence-corrected chi connectivity index (χ3v) is 4.29. The fourth-order valence-corrected chi connectivity index (χ4v) is 2.60. The van der Waals surface area contributed by atoms with Gasteiger partial charge in [0.25, 0.3) is 0 Å². The fraction of sp³-hybridized carbons (Fsp3) is 0.615. The Balaban J connectivity index is 1.64. The van der Waals surface area contributed by atoms with Crippen LogP contribution in [0.25, 0.3) is 0 Å². The maximum absolute atomic E-state index is 6.14. The van der Waals surface area contributed by atoms with Crippen LogP contribution in [0.5, 0.6) is 0 Å². The first-order valence-electron chi connectivity index (χ1n) is 6.82. The predicted molar refractivity (Wildman–Crippen MR) is 74.9 cm³/mol. The predicted octanol–water partition coefficient (Wildman–Crippen LogP) is 1.95. The van der Waals surface area contributed by atoms with E-state index in [0.717, 1.165) is 54.8 Å². The van der Waals surface area contributed by atoms with Gasteiger partial charge in [-0.25, -0.2) is 0 Å². The van der Waals surface area contributed by atoms with Crippen LogP contribution in [0.1, 0.15) is 29.4 Å². The maximum Gasteiger partial charge on any atom is 0.0881 e. The van der Waals surface area contributed by atoms with Crippen molar-refractivity contribution in [3.8, 4) is 0 Å². The van der Waals surface area contributed by atoms with Crippen molar-refractivity contribution in [2.24, 2.45) is 0 Å². The molecule has 0 saturated carbocycles. The lowest BCUT2D eigenvalue weighted by molar-refractivity contribution is 0.193. The van der Waals surface area contributed by atoms with Crippen LogP contribution in [0.4, 0.5) is 0 Å². The van der Waals surface area contributed by atoms with Gasteiger partial charge in [0.05, 0.1) is 41.8 Å². The minimum Gasteiger partial charge on any atom is -0.381 e. The summed E-state index contributed by atoms with van der Waals surface area (Å²) in [6.07, 6.45) is 3.04. The van der Waals surface area contributed by atoms with Gasteiger partial charge in [0.15, 0.2) is 0 Å². The lowest BCUT2D eigenvalue weighted by Gasteiger charge is -2.04. The van der Waals surface area contributed by atoms with Crippen LogP contribution in [0.2, 0.25) is 5.02 Å². The van der Waals surface area contributed by atoms with Crippen molar-refractivity contribution < 1.29 is 4.74 Å². The molecule has 3 rings (SSSR count). The van der Waals surface area contributed by atoms with Gasteiger partial charge in [-0.1, -0.05) is 16.8 Å². The van der Waals surface area contributed by atoms with Gasteiger partial charge in [-0.2, -0.15) is 5.10 Å². The van der Waals surface area contributed by atoms with E-state index in [-0.39, 0.29) is 0 Å². The Morgan fingerprint density at radius 2 is 2.25 bits per heavy atom. The standard InChI is InChI=1S/C13H18ClN5O/c1-9-13(14)10(2)19(16-9)5-4-18-7-12(15-17-18)11-3-6-20-8-11/h7,11H,3-6,8H2,1-2H3. The topological polar surface area (TPSA) is 57.8 Å². The van der Waals surface area contributed by atoms with Gasteiger partial charge >= 0.3 is 0 Å². The van der Waals surface area contributed by atoms with Gasteiger partial charge in [0.2, 0.25) is 0 Å². The summed E-state index contributed by atoms with van der Waals surface area (Å²) in [5.41, 5.74) is 2.88. The summed E-state index contributed by atoms with van der Waals surface area (Å²) in [7, 11) is 0. The first-order chi connectivity index (χ1) is 9.65. The monoisotopic (exact) mass is 295 g/mol. The average Bonchev–Trinajstić information content (AvgIpc) is 3.14. The summed E-state index contributed by atoms with van der Waals surface area (Å²) in [5, 5.41) is 13.6. The molecule has 1 unspecified atom stereocenters. The molecule has 0 spiro atoms. The Morgan fingerprint density at radius 1 is 1.40 bits per heavy atom. The molecule has 0 bridgehead atoms. The summed E-state index contributed by atoms with van der Waals surface area (Å²) >= 11 is 6.14. The molecule has 1 saturated heterocycles. The van der Waals surface area contributed by atoms with Crippen molar-refractivity contribution in [1.29, 1.82) is 0 Å². The molecule has 1 atom stereocenters. The van der Waals surface area contributed by atoms with Gasteiger partial charge in [-0.05, 0) is 20.3 Å². The lowest BCUT2D eigenvalue weighted by Crippen LogP contribution is -2.10. The third-order valence-electron chi connectivity index (χ3n) is 3.74. The van der Waals surface area contributed by atoms with E-state index >= 15 is 0 Å². The van der Waals surface area contributed by atoms with Crippen molar-refractivity contribution in [3.05, 3.63) is 28.3 Å². The molecule has 6 nitrogen and oxygen atoms in total. The molecule has 1 aliphatic heterocycles. The largest absolute Gasteiger partial charge is 0.381 e. The van der Waals surface area contributed by atoms with E-state index in [1.165, 1.54) is 0 Å². The minimum absolute atomic E-state index is 0.395. The molecule has 0 N–H and O–H groups in total. The Hall–Kier alpha value is -1.40. The molecule has 2 aromatic rings. The highest BCUT2D eigenvalue weighted by Gasteiger charge is 2.20. The number of ether oxygens (including phenoxy) is 1. The SMILES string of the molecule is Cc1nn(CCn2cc(C3CCOC3)nn2)c(C)c1Cl. The second kappa shape index (κ2) is 5.54. The smallest absolute Gasteiger partial charge is 0.0881 e. The Kier molecular flexibility index (Phi) is 3.76. The van der Waals surface area contributed by atoms with Crippen LogP contribution in [-0.4, -0.2) is 38.0 Å². The summed E-state index contributed by atoms with van der Waals surface area (Å²) < 4.78 is 9.15. The first kappa shape index (κ1) is 13.6. The molecule has 20 heavy (non-hydrogen) atoms. The van der Waals surface area contributed by atoms with Gasteiger partial charge < -0.3 is 4.74 Å². The van der Waals surface area contributed by atoms with Crippen molar-refractivity contribution in [2.75, 3.05) is 13.2 Å². The molecular weight excluding hydrogens is 278 g/mol. The van der Waals surface area contributed by atoms with E-state index in [0.29, 0.717) is 5.92 Å². The fourth-order valence-electron chi connectivity index (χ4n) is 2.47. The van der Waals surface area contributed by atoms with Crippen LogP contribution in [0.3, 0.4) is 0 Å². The zero-order chi connectivity index (χ0) is 14.1. The van der Waals surface area contributed by atoms with Crippen molar-refractivity contribution in [3.63, 3.8) is 0 Å². The van der Waals surface area contributed by atoms with Crippen LogP contribution in [-0.2, 0) is 17.8 Å². The Morgan fingerprint density at radius 3 is 2.90 bits per heavy atom. The molecular formula is C13H18ClN5O. The molecule has 7 heteroatoms. The quantitative estimate of drug-likeness (QED) is 0.865. The van der Waals surface area contributed by atoms with Crippen molar-refractivity contribution in [2.45, 2.75) is 39.3 Å². The summed E-state index contributed by atoms with van der Waals surface area (Å²) in [4.78, 5) is 0. The first-order valence-corrected chi connectivity index (χ1v) is 7.20. The molecule has 0 amide bonds. The molecule has 0 aliphatic carbocycles. The number of hydrogen-bond donors (Lipinski definition) is 0. The highest BCUT2D eigenvalue weighted by Crippen LogP contribution is 2.23. The number of aryl methyl sites for hydroxylation is 3. The average molecular weight is 296 g/mol. The molecule has 0 radical (unpaired) electrons. The van der Waals surface area contributed by atoms with Gasteiger partial charge in [0, 0.05) is 18.7 Å². The second-order valence-corrected chi connectivity index (χ2v) is 5.55. The highest BCUT2D eigenvalue weighted by atomic mass is 35.5. The number of nitrogens with zero attached hydrogens (tertiary/aromatic N) is 5. The normalized spacial score (nSPS) is 18.9. The van der Waals surface area contributed by atoms with Crippen LogP contribution in [0, 0.1) is 13.8 Å². The molecule has 0 aromatic carbocycles. The van der Waals surface area contributed by atoms with E-state index in [1.54, 1.807) is 0 Å². The zero-order valence-corrected chi connectivity index (χ0v) is 12.5. The van der Waals surface area contributed by atoms with E-state index < -0.39 is 0 Å². The Bertz CT molecular complexity index is 600. The number of rotatable bonds is 4. The number of hydrogen-bond acceptors (Lipinski definition) is 4. The minimum atomic E-state index is 0.395. The molecule has 2 aromatic heterocycles. The van der Waals surface area contributed by atoms with Crippen LogP contribution in [0.15, 0.2) is 6.20 Å². The van der Waals surface area contributed by atoms with Crippen LogP contribution >= 0.6 is 11.6 Å². The van der Waals surface area contributed by atoms with E-state index in [1.807, 2.05) is 29.4 Å². The van der Waals surface area contributed by atoms with Gasteiger partial charge in [0.1, 0.15) is 0 Å². The van der Waals surface area contributed by atoms with E-state index in [4.69, 9.17) is 16.3 Å². The summed E-state index contributed by atoms with van der Waals surface area (Å²) in [5.74, 6) is 0.395. The Labute approximate surface area is 122 Å². The summed E-state index contributed by atoms with van der Waals surface area (Å²) in [6, 6.07) is 0. The number of halogens is 1. The molecule has 108 valence electrons. The second-order valence-electron chi connectivity index (χ2n) is 5.17. The highest BCUT2D eigenvalue weighted by molar-refractivity contribution is 6.31. The number of aromatic nitrogens is 5. The van der Waals surface area contributed by atoms with E-state index in [2.05, 4.69) is 15.4 Å². The lowest BCUT2D eigenvalue weighted by atomic mass is 10.1.